The Bertz CT molecular complexity index is 1180. The van der Waals surface area contributed by atoms with Crippen LogP contribution in [0.25, 0.3) is 11.0 Å². The average Bonchev–Trinajstić information content (AvgIpc) is 2.70. The zero-order chi connectivity index (χ0) is 18.7. The predicted octanol–water partition coefficient (Wildman–Crippen LogP) is 4.66. The second-order valence-corrected chi connectivity index (χ2v) is 7.77. The first-order valence-corrected chi connectivity index (χ1v) is 9.97. The van der Waals surface area contributed by atoms with E-state index in [9.17, 15) is 8.42 Å². The third kappa shape index (κ3) is 4.18. The van der Waals surface area contributed by atoms with E-state index in [-0.39, 0.29) is 18.1 Å². The van der Waals surface area contributed by atoms with Crippen LogP contribution in [0.4, 0.5) is 5.82 Å². The van der Waals surface area contributed by atoms with Gasteiger partial charge in [0.1, 0.15) is 0 Å². The van der Waals surface area contributed by atoms with Crippen molar-refractivity contribution in [3.8, 4) is 0 Å². The molecule has 0 atom stereocenters. The molecule has 142 valence electrons. The van der Waals surface area contributed by atoms with E-state index >= 15 is 0 Å². The van der Waals surface area contributed by atoms with Crippen molar-refractivity contribution in [3.05, 3.63) is 96.2 Å². The van der Waals surface area contributed by atoms with E-state index in [0.717, 1.165) is 11.1 Å². The standard InChI is InChI=1S/C21H17N3O2S.CH4/c25-27(26,17-11-5-2-6-12-17)24-21-20(15-16-9-3-1-4-10-16)22-18-13-7-8-14-19(18)23-21;/h1-14H,15H2,(H,23,24);1H4. The third-order valence-electron chi connectivity index (χ3n) is 4.14. The van der Waals surface area contributed by atoms with Crippen LogP contribution in [-0.4, -0.2) is 18.4 Å². The number of nitrogens with one attached hydrogen (secondary N) is 1. The van der Waals surface area contributed by atoms with Gasteiger partial charge < -0.3 is 0 Å². The zero-order valence-electron chi connectivity index (χ0n) is 14.4. The molecule has 0 saturated carbocycles. The number of hydrogen-bond acceptors (Lipinski definition) is 4. The van der Waals surface area contributed by atoms with Gasteiger partial charge >= 0.3 is 0 Å². The lowest BCUT2D eigenvalue weighted by molar-refractivity contribution is 0.601. The molecule has 0 amide bonds. The van der Waals surface area contributed by atoms with Crippen molar-refractivity contribution in [2.24, 2.45) is 0 Å². The number of hydrogen-bond donors (Lipinski definition) is 1. The van der Waals surface area contributed by atoms with Gasteiger partial charge in [-0.3, -0.25) is 4.72 Å². The van der Waals surface area contributed by atoms with E-state index in [2.05, 4.69) is 14.7 Å². The van der Waals surface area contributed by atoms with Crippen molar-refractivity contribution in [1.82, 2.24) is 9.97 Å². The third-order valence-corrected chi connectivity index (χ3v) is 5.50. The molecule has 4 rings (SSSR count). The van der Waals surface area contributed by atoms with Gasteiger partial charge in [0.05, 0.1) is 21.6 Å². The fourth-order valence-corrected chi connectivity index (χ4v) is 3.87. The quantitative estimate of drug-likeness (QED) is 0.537. The van der Waals surface area contributed by atoms with Crippen molar-refractivity contribution in [3.63, 3.8) is 0 Å². The fraction of sp³-hybridized carbons (Fsp3) is 0.0909. The van der Waals surface area contributed by atoms with Crippen LogP contribution < -0.4 is 4.72 Å². The second-order valence-electron chi connectivity index (χ2n) is 6.09. The molecule has 6 heteroatoms. The fourth-order valence-electron chi connectivity index (χ4n) is 2.82. The van der Waals surface area contributed by atoms with E-state index < -0.39 is 10.0 Å². The summed E-state index contributed by atoms with van der Waals surface area (Å²) >= 11 is 0. The predicted molar refractivity (Wildman–Crippen MR) is 113 cm³/mol. The Morgan fingerprint density at radius 1 is 0.714 bits per heavy atom. The summed E-state index contributed by atoms with van der Waals surface area (Å²) in [6, 6.07) is 25.4. The van der Waals surface area contributed by atoms with E-state index in [0.29, 0.717) is 17.6 Å². The molecule has 0 unspecified atom stereocenters. The number of para-hydroxylation sites is 2. The van der Waals surface area contributed by atoms with Crippen LogP contribution >= 0.6 is 0 Å². The van der Waals surface area contributed by atoms with Gasteiger partial charge in [0.25, 0.3) is 10.0 Å². The van der Waals surface area contributed by atoms with Gasteiger partial charge in [0.2, 0.25) is 0 Å². The molecule has 1 N–H and O–H groups in total. The highest BCUT2D eigenvalue weighted by Gasteiger charge is 2.18. The van der Waals surface area contributed by atoms with Gasteiger partial charge in [-0.1, -0.05) is 68.1 Å². The Hall–Kier alpha value is -3.25. The molecule has 0 spiro atoms. The van der Waals surface area contributed by atoms with Crippen LogP contribution in [0.5, 0.6) is 0 Å². The lowest BCUT2D eigenvalue weighted by Crippen LogP contribution is -2.16. The number of anilines is 1. The zero-order valence-corrected chi connectivity index (χ0v) is 15.2. The maximum absolute atomic E-state index is 12.8. The van der Waals surface area contributed by atoms with E-state index in [4.69, 9.17) is 0 Å². The maximum Gasteiger partial charge on any atom is 0.263 e. The van der Waals surface area contributed by atoms with E-state index in [1.807, 2.05) is 54.6 Å². The lowest BCUT2D eigenvalue weighted by Gasteiger charge is -2.12. The SMILES string of the molecule is C.O=S(=O)(Nc1nc2ccccc2nc1Cc1ccccc1)c1ccccc1. The normalized spacial score (nSPS) is 11.0. The highest BCUT2D eigenvalue weighted by atomic mass is 32.2. The summed E-state index contributed by atoms with van der Waals surface area (Å²) in [6.45, 7) is 0. The Kier molecular flexibility index (Phi) is 5.70. The molecule has 0 fully saturated rings. The van der Waals surface area contributed by atoms with Crippen molar-refractivity contribution >= 4 is 26.9 Å². The Balaban J connectivity index is 0.00000225. The van der Waals surface area contributed by atoms with Gasteiger partial charge in [-0.2, -0.15) is 0 Å². The molecule has 0 bridgehead atoms. The molecule has 0 radical (unpaired) electrons. The van der Waals surface area contributed by atoms with Crippen LogP contribution in [-0.2, 0) is 16.4 Å². The molecule has 28 heavy (non-hydrogen) atoms. The summed E-state index contributed by atoms with van der Waals surface area (Å²) in [7, 11) is -3.75. The molecular weight excluding hydrogens is 370 g/mol. The van der Waals surface area contributed by atoms with Crippen molar-refractivity contribution in [2.75, 3.05) is 4.72 Å². The lowest BCUT2D eigenvalue weighted by atomic mass is 10.1. The largest absolute Gasteiger partial charge is 0.263 e. The molecule has 0 aliphatic carbocycles. The minimum atomic E-state index is -3.75. The smallest absolute Gasteiger partial charge is 0.262 e. The summed E-state index contributed by atoms with van der Waals surface area (Å²) in [4.78, 5) is 9.37. The minimum Gasteiger partial charge on any atom is -0.262 e. The number of sulfonamides is 1. The van der Waals surface area contributed by atoms with E-state index in [1.165, 1.54) is 0 Å². The number of fused-ring (bicyclic) bond motifs is 1. The van der Waals surface area contributed by atoms with Crippen LogP contribution in [0.1, 0.15) is 18.7 Å². The van der Waals surface area contributed by atoms with Gasteiger partial charge in [0.15, 0.2) is 5.82 Å². The first-order chi connectivity index (χ1) is 13.1. The van der Waals surface area contributed by atoms with Gasteiger partial charge in [0, 0.05) is 6.42 Å². The van der Waals surface area contributed by atoms with Crippen molar-refractivity contribution in [2.45, 2.75) is 18.7 Å². The molecule has 5 nitrogen and oxygen atoms in total. The minimum absolute atomic E-state index is 0. The monoisotopic (exact) mass is 391 g/mol. The summed E-state index contributed by atoms with van der Waals surface area (Å²) in [6.07, 6.45) is 0.477. The van der Waals surface area contributed by atoms with Crippen LogP contribution in [0.3, 0.4) is 0 Å². The number of benzene rings is 3. The van der Waals surface area contributed by atoms with Crippen molar-refractivity contribution < 1.29 is 8.42 Å². The highest BCUT2D eigenvalue weighted by Crippen LogP contribution is 2.22. The summed E-state index contributed by atoms with van der Waals surface area (Å²) in [5.74, 6) is 0.251. The Morgan fingerprint density at radius 2 is 1.25 bits per heavy atom. The van der Waals surface area contributed by atoms with Gasteiger partial charge in [-0.25, -0.2) is 18.4 Å². The molecule has 4 aromatic rings. The Labute approximate surface area is 165 Å². The van der Waals surface area contributed by atoms with Gasteiger partial charge in [-0.15, -0.1) is 0 Å². The molecule has 1 heterocycles. The number of nitrogens with zero attached hydrogens (tertiary/aromatic N) is 2. The summed E-state index contributed by atoms with van der Waals surface area (Å²) in [5.41, 5.74) is 2.98. The molecule has 3 aromatic carbocycles. The first-order valence-electron chi connectivity index (χ1n) is 8.49. The average molecular weight is 391 g/mol. The summed E-state index contributed by atoms with van der Waals surface area (Å²) < 4.78 is 28.1. The molecule has 0 aliphatic rings. The first kappa shape index (κ1) is 19.5. The number of rotatable bonds is 5. The molecule has 1 aromatic heterocycles. The summed E-state index contributed by atoms with van der Waals surface area (Å²) in [5, 5.41) is 0. The van der Waals surface area contributed by atoms with Gasteiger partial charge in [-0.05, 0) is 29.8 Å². The highest BCUT2D eigenvalue weighted by molar-refractivity contribution is 7.92. The van der Waals surface area contributed by atoms with E-state index in [1.54, 1.807) is 30.3 Å². The Morgan fingerprint density at radius 3 is 1.89 bits per heavy atom. The van der Waals surface area contributed by atoms with Crippen LogP contribution in [0.15, 0.2) is 89.8 Å². The topological polar surface area (TPSA) is 72.0 Å². The van der Waals surface area contributed by atoms with Crippen LogP contribution in [0, 0.1) is 0 Å². The second kappa shape index (κ2) is 8.19. The van der Waals surface area contributed by atoms with Crippen molar-refractivity contribution in [1.29, 1.82) is 0 Å². The van der Waals surface area contributed by atoms with Crippen LogP contribution in [0.2, 0.25) is 0 Å². The molecule has 0 aliphatic heterocycles. The molecular formula is C22H21N3O2S. The maximum atomic E-state index is 12.8. The number of aromatic nitrogens is 2. The molecule has 0 saturated heterocycles.